The molecule has 3 aliphatic rings. The van der Waals surface area contributed by atoms with Crippen molar-refractivity contribution in [2.24, 2.45) is 11.8 Å². The summed E-state index contributed by atoms with van der Waals surface area (Å²) in [6.07, 6.45) is 7.21. The molecule has 2 bridgehead atoms. The van der Waals surface area contributed by atoms with Crippen molar-refractivity contribution in [2.45, 2.75) is 65.0 Å². The zero-order valence-electron chi connectivity index (χ0n) is 10.00. The van der Waals surface area contributed by atoms with Crippen LogP contribution in [0, 0.1) is 11.8 Å². The fourth-order valence-corrected chi connectivity index (χ4v) is 3.54. The van der Waals surface area contributed by atoms with Crippen molar-refractivity contribution >= 4 is 0 Å². The quantitative estimate of drug-likeness (QED) is 0.668. The van der Waals surface area contributed by atoms with Crippen LogP contribution < -0.4 is 0 Å². The fourth-order valence-electron chi connectivity index (χ4n) is 3.54. The lowest BCUT2D eigenvalue weighted by Gasteiger charge is -2.51. The van der Waals surface area contributed by atoms with Crippen LogP contribution in [0.15, 0.2) is 0 Å². The number of fused-ring (bicyclic) bond motifs is 3. The largest absolute Gasteiger partial charge is 0.297 e. The zero-order valence-corrected chi connectivity index (χ0v) is 10.00. The van der Waals surface area contributed by atoms with E-state index < -0.39 is 0 Å². The molecule has 4 atom stereocenters. The molecule has 0 amide bonds. The van der Waals surface area contributed by atoms with Gasteiger partial charge >= 0.3 is 0 Å². The molecule has 1 aliphatic carbocycles. The van der Waals surface area contributed by atoms with Gasteiger partial charge in [0, 0.05) is 18.6 Å². The maximum atomic E-state index is 2.79. The third-order valence-electron chi connectivity index (χ3n) is 4.71. The van der Waals surface area contributed by atoms with Crippen LogP contribution in [0.25, 0.3) is 0 Å². The predicted molar refractivity (Wildman–Crippen MR) is 61.4 cm³/mol. The highest BCUT2D eigenvalue weighted by Crippen LogP contribution is 2.41. The van der Waals surface area contributed by atoms with Gasteiger partial charge in [0.05, 0.1) is 0 Å². The van der Waals surface area contributed by atoms with Gasteiger partial charge < -0.3 is 0 Å². The van der Waals surface area contributed by atoms with E-state index in [2.05, 4.69) is 25.7 Å². The van der Waals surface area contributed by atoms with E-state index in [0.717, 1.165) is 23.9 Å². The van der Waals surface area contributed by atoms with Crippen molar-refractivity contribution in [1.82, 2.24) is 4.90 Å². The Labute approximate surface area is 88.9 Å². The molecule has 3 rings (SSSR count). The minimum atomic E-state index is 0.820. The van der Waals surface area contributed by atoms with E-state index in [9.17, 15) is 0 Å². The summed E-state index contributed by atoms with van der Waals surface area (Å²) < 4.78 is 0. The number of rotatable bonds is 3. The summed E-state index contributed by atoms with van der Waals surface area (Å²) in [5.41, 5.74) is 0. The predicted octanol–water partition coefficient (Wildman–Crippen LogP) is 3.30. The molecule has 2 aliphatic heterocycles. The molecule has 0 aromatic rings. The molecule has 2 heterocycles. The van der Waals surface area contributed by atoms with Crippen LogP contribution in [0.1, 0.15) is 52.9 Å². The first kappa shape index (κ1) is 10.5. The van der Waals surface area contributed by atoms with Crippen LogP contribution in [0.5, 0.6) is 0 Å². The van der Waals surface area contributed by atoms with Crippen LogP contribution >= 0.6 is 0 Å². The second-order valence-corrected chi connectivity index (χ2v) is 5.35. The van der Waals surface area contributed by atoms with Crippen LogP contribution in [-0.4, -0.2) is 23.5 Å². The number of piperidine rings is 2. The fraction of sp³-hybridized carbons (Fsp3) is 1.00. The van der Waals surface area contributed by atoms with Gasteiger partial charge in [0.25, 0.3) is 0 Å². The van der Waals surface area contributed by atoms with Gasteiger partial charge in [-0.15, -0.1) is 0 Å². The topological polar surface area (TPSA) is 3.24 Å². The first-order valence-electron chi connectivity index (χ1n) is 6.52. The van der Waals surface area contributed by atoms with Crippen molar-refractivity contribution < 1.29 is 0 Å². The van der Waals surface area contributed by atoms with Gasteiger partial charge in [0.1, 0.15) is 0 Å². The number of hydrogen-bond donors (Lipinski definition) is 0. The van der Waals surface area contributed by atoms with Crippen molar-refractivity contribution in [3.05, 3.63) is 0 Å². The molecule has 0 aromatic carbocycles. The van der Waals surface area contributed by atoms with Crippen LogP contribution in [0.3, 0.4) is 0 Å². The lowest BCUT2D eigenvalue weighted by atomic mass is 9.70. The average molecular weight is 195 g/mol. The second kappa shape index (κ2) is 4.22. The molecule has 0 aromatic heterocycles. The second-order valence-electron chi connectivity index (χ2n) is 5.35. The summed E-state index contributed by atoms with van der Waals surface area (Å²) in [6, 6.07) is 1.75. The zero-order chi connectivity index (χ0) is 10.1. The molecular weight excluding hydrogens is 170 g/mol. The normalized spacial score (nSPS) is 40.1. The molecule has 1 nitrogen and oxygen atoms in total. The first-order valence-corrected chi connectivity index (χ1v) is 6.52. The smallest absolute Gasteiger partial charge is 0.0101 e. The van der Waals surface area contributed by atoms with Gasteiger partial charge in [-0.3, -0.25) is 4.90 Å². The Morgan fingerprint density at radius 1 is 1.29 bits per heavy atom. The van der Waals surface area contributed by atoms with Gasteiger partial charge in [-0.2, -0.15) is 0 Å². The van der Waals surface area contributed by atoms with E-state index in [1.165, 1.54) is 38.6 Å². The number of hydrogen-bond acceptors (Lipinski definition) is 1. The average Bonchev–Trinajstić information content (AvgIpc) is 2.28. The Morgan fingerprint density at radius 2 is 2.07 bits per heavy atom. The Balaban J connectivity index is 2.00. The van der Waals surface area contributed by atoms with Crippen molar-refractivity contribution in [3.63, 3.8) is 0 Å². The monoisotopic (exact) mass is 195 g/mol. The molecule has 14 heavy (non-hydrogen) atoms. The van der Waals surface area contributed by atoms with Crippen molar-refractivity contribution in [2.75, 3.05) is 6.54 Å². The summed E-state index contributed by atoms with van der Waals surface area (Å²) >= 11 is 0. The molecule has 4 unspecified atom stereocenters. The van der Waals surface area contributed by atoms with Gasteiger partial charge in [-0.1, -0.05) is 20.3 Å². The van der Waals surface area contributed by atoms with Crippen LogP contribution in [0.4, 0.5) is 0 Å². The van der Waals surface area contributed by atoms with Crippen LogP contribution in [0.2, 0.25) is 0 Å². The molecule has 0 radical (unpaired) electrons. The van der Waals surface area contributed by atoms with E-state index in [-0.39, 0.29) is 0 Å². The molecular formula is C13H25N. The third kappa shape index (κ3) is 1.71. The Bertz CT molecular complexity index is 190. The molecule has 0 N–H and O–H groups in total. The Morgan fingerprint density at radius 3 is 2.57 bits per heavy atom. The van der Waals surface area contributed by atoms with Gasteiger partial charge in [-0.25, -0.2) is 0 Å². The SMILES string of the molecule is CCC1CC2CCC1CN2C(C)CC. The molecule has 1 heteroatoms. The minimum absolute atomic E-state index is 0.820. The summed E-state index contributed by atoms with van der Waals surface area (Å²) in [6.45, 7) is 8.50. The summed E-state index contributed by atoms with van der Waals surface area (Å²) in [7, 11) is 0. The van der Waals surface area contributed by atoms with E-state index in [1.807, 2.05) is 0 Å². The highest BCUT2D eigenvalue weighted by molar-refractivity contribution is 4.94. The van der Waals surface area contributed by atoms with Crippen molar-refractivity contribution in [1.29, 1.82) is 0 Å². The Kier molecular flexibility index (Phi) is 3.16. The lowest BCUT2D eigenvalue weighted by Crippen LogP contribution is -2.54. The maximum absolute atomic E-state index is 2.79. The van der Waals surface area contributed by atoms with Crippen molar-refractivity contribution in [3.8, 4) is 0 Å². The van der Waals surface area contributed by atoms with E-state index in [4.69, 9.17) is 0 Å². The van der Waals surface area contributed by atoms with E-state index >= 15 is 0 Å². The molecule has 1 saturated carbocycles. The van der Waals surface area contributed by atoms with Crippen LogP contribution in [-0.2, 0) is 0 Å². The van der Waals surface area contributed by atoms with Gasteiger partial charge in [-0.05, 0) is 44.4 Å². The summed E-state index contributed by atoms with van der Waals surface area (Å²) in [5.74, 6) is 2.08. The summed E-state index contributed by atoms with van der Waals surface area (Å²) in [5, 5.41) is 0. The lowest BCUT2D eigenvalue weighted by molar-refractivity contribution is -0.0200. The standard InChI is InChI=1S/C13H25N/c1-4-10(3)14-9-12-6-7-13(14)8-11(12)5-2/h10-13H,4-9H2,1-3H3. The minimum Gasteiger partial charge on any atom is -0.297 e. The third-order valence-corrected chi connectivity index (χ3v) is 4.71. The highest BCUT2D eigenvalue weighted by atomic mass is 15.2. The number of nitrogens with zero attached hydrogens (tertiary/aromatic N) is 1. The summed E-state index contributed by atoms with van der Waals surface area (Å²) in [4.78, 5) is 2.79. The van der Waals surface area contributed by atoms with Gasteiger partial charge in [0.2, 0.25) is 0 Å². The highest BCUT2D eigenvalue weighted by Gasteiger charge is 2.40. The van der Waals surface area contributed by atoms with E-state index in [0.29, 0.717) is 0 Å². The molecule has 82 valence electrons. The first-order chi connectivity index (χ1) is 6.76. The van der Waals surface area contributed by atoms with E-state index in [1.54, 1.807) is 0 Å². The molecule has 0 spiro atoms. The van der Waals surface area contributed by atoms with Gasteiger partial charge in [0.15, 0.2) is 0 Å². The Hall–Kier alpha value is -0.0400. The molecule has 2 saturated heterocycles. The molecule has 3 fully saturated rings. The maximum Gasteiger partial charge on any atom is 0.0101 e.